The molecule has 1 aliphatic heterocycles. The Morgan fingerprint density at radius 1 is 1.21 bits per heavy atom. The average Bonchev–Trinajstić information content (AvgIpc) is 2.98. The average molecular weight is 395 g/mol. The van der Waals surface area contributed by atoms with Crippen molar-refractivity contribution < 1.29 is 9.18 Å². The minimum absolute atomic E-state index is 0.0319. The molecule has 0 bridgehead atoms. The fourth-order valence-corrected chi connectivity index (χ4v) is 3.30. The van der Waals surface area contributed by atoms with Gasteiger partial charge in [0.25, 0.3) is 5.91 Å². The van der Waals surface area contributed by atoms with Gasteiger partial charge in [-0.05, 0) is 40.5 Å². The first-order valence-electron chi connectivity index (χ1n) is 8.06. The van der Waals surface area contributed by atoms with E-state index in [2.05, 4.69) is 25.9 Å². The lowest BCUT2D eigenvalue weighted by Crippen LogP contribution is -2.48. The number of amides is 1. The second-order valence-corrected chi connectivity index (χ2v) is 6.73. The summed E-state index contributed by atoms with van der Waals surface area (Å²) in [5, 5.41) is 4.33. The van der Waals surface area contributed by atoms with Crippen molar-refractivity contribution in [2.24, 2.45) is 0 Å². The van der Waals surface area contributed by atoms with Gasteiger partial charge in [-0.1, -0.05) is 12.1 Å². The molecule has 0 atom stereocenters. The lowest BCUT2D eigenvalue weighted by molar-refractivity contribution is 0.0621. The lowest BCUT2D eigenvalue weighted by Gasteiger charge is -2.34. The molecule has 2 aromatic rings. The Balaban J connectivity index is 1.57. The third kappa shape index (κ3) is 3.84. The third-order valence-electron chi connectivity index (χ3n) is 4.22. The molecule has 1 aromatic heterocycles. The van der Waals surface area contributed by atoms with E-state index in [1.807, 2.05) is 18.0 Å². The van der Waals surface area contributed by atoms with Crippen LogP contribution >= 0.6 is 15.9 Å². The van der Waals surface area contributed by atoms with Crippen LogP contribution in [0.4, 0.5) is 4.39 Å². The predicted molar refractivity (Wildman–Crippen MR) is 93.2 cm³/mol. The number of nitrogens with zero attached hydrogens (tertiary/aromatic N) is 4. The molecule has 2 heterocycles. The summed E-state index contributed by atoms with van der Waals surface area (Å²) in [6.45, 7) is 6.44. The van der Waals surface area contributed by atoms with E-state index in [0.29, 0.717) is 18.8 Å². The van der Waals surface area contributed by atoms with Crippen molar-refractivity contribution in [2.75, 3.05) is 26.2 Å². The Hall–Kier alpha value is -1.73. The van der Waals surface area contributed by atoms with E-state index in [9.17, 15) is 9.18 Å². The summed E-state index contributed by atoms with van der Waals surface area (Å²) in [4.78, 5) is 16.7. The molecule has 1 aliphatic rings. The minimum atomic E-state index is -0.216. The first-order chi connectivity index (χ1) is 11.6. The summed E-state index contributed by atoms with van der Waals surface area (Å²) in [7, 11) is 0. The Morgan fingerprint density at radius 2 is 1.88 bits per heavy atom. The van der Waals surface area contributed by atoms with Crippen LogP contribution in [0.1, 0.15) is 23.0 Å². The van der Waals surface area contributed by atoms with Gasteiger partial charge in [0.1, 0.15) is 5.82 Å². The van der Waals surface area contributed by atoms with Crippen molar-refractivity contribution in [3.8, 4) is 0 Å². The molecule has 1 saturated heterocycles. The molecule has 0 N–H and O–H groups in total. The Bertz CT molecular complexity index is 708. The molecule has 0 aliphatic carbocycles. The molecule has 0 spiro atoms. The van der Waals surface area contributed by atoms with Gasteiger partial charge in [0.15, 0.2) is 5.69 Å². The van der Waals surface area contributed by atoms with Gasteiger partial charge in [0, 0.05) is 45.5 Å². The van der Waals surface area contributed by atoms with Crippen molar-refractivity contribution in [3.05, 3.63) is 52.0 Å². The molecule has 24 heavy (non-hydrogen) atoms. The van der Waals surface area contributed by atoms with Crippen molar-refractivity contribution in [1.29, 1.82) is 0 Å². The second kappa shape index (κ2) is 7.44. The number of carbonyl (C=O) groups excluding carboxylic acids is 1. The minimum Gasteiger partial charge on any atom is -0.335 e. The topological polar surface area (TPSA) is 41.4 Å². The molecule has 5 nitrogen and oxygen atoms in total. The molecular formula is C17H20BrFN4O. The molecule has 0 unspecified atom stereocenters. The first kappa shape index (κ1) is 17.1. The molecule has 0 radical (unpaired) electrons. The molecule has 1 aromatic carbocycles. The molecule has 0 saturated carbocycles. The standard InChI is InChI=1S/C17H20BrFN4O/c1-2-23-12-15(18)16(20-23)17(24)22-9-7-21(8-10-22)11-13-3-5-14(19)6-4-13/h3-6,12H,2,7-11H2,1H3. The first-order valence-corrected chi connectivity index (χ1v) is 8.85. The highest BCUT2D eigenvalue weighted by Crippen LogP contribution is 2.18. The quantitative estimate of drug-likeness (QED) is 0.800. The van der Waals surface area contributed by atoms with Crippen LogP contribution in [0.3, 0.4) is 0 Å². The van der Waals surface area contributed by atoms with Crippen molar-refractivity contribution in [2.45, 2.75) is 20.0 Å². The normalized spacial score (nSPS) is 15.7. The zero-order chi connectivity index (χ0) is 17.1. The number of carbonyl (C=O) groups is 1. The van der Waals surface area contributed by atoms with E-state index in [1.54, 1.807) is 16.8 Å². The Labute approximate surface area is 149 Å². The number of benzene rings is 1. The molecule has 1 fully saturated rings. The van der Waals surface area contributed by atoms with E-state index in [1.165, 1.54) is 12.1 Å². The number of hydrogen-bond donors (Lipinski definition) is 0. The number of halogens is 2. The number of piperazine rings is 1. The summed E-state index contributed by atoms with van der Waals surface area (Å²) in [6.07, 6.45) is 1.83. The van der Waals surface area contributed by atoms with Gasteiger partial charge in [-0.2, -0.15) is 5.10 Å². The van der Waals surface area contributed by atoms with Crippen LogP contribution in [-0.4, -0.2) is 51.7 Å². The largest absolute Gasteiger partial charge is 0.335 e. The lowest BCUT2D eigenvalue weighted by atomic mass is 10.2. The van der Waals surface area contributed by atoms with Gasteiger partial charge in [-0.25, -0.2) is 4.39 Å². The highest BCUT2D eigenvalue weighted by Gasteiger charge is 2.25. The highest BCUT2D eigenvalue weighted by atomic mass is 79.9. The SMILES string of the molecule is CCn1cc(Br)c(C(=O)N2CCN(Cc3ccc(F)cc3)CC2)n1. The second-order valence-electron chi connectivity index (χ2n) is 5.88. The zero-order valence-electron chi connectivity index (χ0n) is 13.6. The van der Waals surface area contributed by atoms with Gasteiger partial charge in [-0.15, -0.1) is 0 Å². The van der Waals surface area contributed by atoms with Crippen LogP contribution in [0.15, 0.2) is 34.9 Å². The van der Waals surface area contributed by atoms with Crippen LogP contribution in [0.5, 0.6) is 0 Å². The maximum absolute atomic E-state index is 13.0. The monoisotopic (exact) mass is 394 g/mol. The summed E-state index contributed by atoms with van der Waals surface area (Å²) < 4.78 is 15.4. The number of aryl methyl sites for hydroxylation is 1. The number of rotatable bonds is 4. The van der Waals surface area contributed by atoms with Crippen LogP contribution in [0, 0.1) is 5.82 Å². The van der Waals surface area contributed by atoms with Gasteiger partial charge in [0.2, 0.25) is 0 Å². The molecular weight excluding hydrogens is 375 g/mol. The van der Waals surface area contributed by atoms with E-state index in [0.717, 1.165) is 36.2 Å². The number of aromatic nitrogens is 2. The Morgan fingerprint density at radius 3 is 2.46 bits per heavy atom. The fraction of sp³-hybridized carbons (Fsp3) is 0.412. The van der Waals surface area contributed by atoms with Crippen LogP contribution in [0.2, 0.25) is 0 Å². The van der Waals surface area contributed by atoms with E-state index >= 15 is 0 Å². The van der Waals surface area contributed by atoms with Crippen molar-refractivity contribution in [3.63, 3.8) is 0 Å². The summed E-state index contributed by atoms with van der Waals surface area (Å²) in [5.41, 5.74) is 1.56. The van der Waals surface area contributed by atoms with Gasteiger partial charge >= 0.3 is 0 Å². The van der Waals surface area contributed by atoms with Gasteiger partial charge < -0.3 is 4.90 Å². The van der Waals surface area contributed by atoms with Crippen LogP contribution in [-0.2, 0) is 13.1 Å². The maximum Gasteiger partial charge on any atom is 0.275 e. The van der Waals surface area contributed by atoms with Crippen molar-refractivity contribution in [1.82, 2.24) is 19.6 Å². The maximum atomic E-state index is 13.0. The smallest absolute Gasteiger partial charge is 0.275 e. The van der Waals surface area contributed by atoms with E-state index < -0.39 is 0 Å². The molecule has 7 heteroatoms. The molecule has 3 rings (SSSR count). The fourth-order valence-electron chi connectivity index (χ4n) is 2.81. The van der Waals surface area contributed by atoms with Gasteiger partial charge in [0.05, 0.1) is 4.47 Å². The molecule has 128 valence electrons. The van der Waals surface area contributed by atoms with Crippen molar-refractivity contribution >= 4 is 21.8 Å². The third-order valence-corrected chi connectivity index (χ3v) is 4.80. The zero-order valence-corrected chi connectivity index (χ0v) is 15.2. The predicted octanol–water partition coefficient (Wildman–Crippen LogP) is 2.76. The highest BCUT2D eigenvalue weighted by molar-refractivity contribution is 9.10. The Kier molecular flexibility index (Phi) is 5.30. The summed E-state index contributed by atoms with van der Waals surface area (Å²) >= 11 is 3.42. The van der Waals surface area contributed by atoms with E-state index in [4.69, 9.17) is 0 Å². The summed E-state index contributed by atoms with van der Waals surface area (Å²) in [5.74, 6) is -0.248. The van der Waals surface area contributed by atoms with Crippen LogP contribution in [0.25, 0.3) is 0 Å². The molecule has 1 amide bonds. The van der Waals surface area contributed by atoms with Gasteiger partial charge in [-0.3, -0.25) is 14.4 Å². The van der Waals surface area contributed by atoms with Crippen LogP contribution < -0.4 is 0 Å². The summed E-state index contributed by atoms with van der Waals surface area (Å²) in [6, 6.07) is 6.58. The number of hydrogen-bond acceptors (Lipinski definition) is 3. The van der Waals surface area contributed by atoms with E-state index in [-0.39, 0.29) is 11.7 Å².